The Morgan fingerprint density at radius 3 is 0.970 bits per heavy atom. The van der Waals surface area contributed by atoms with Crippen molar-refractivity contribution >= 4 is 64.6 Å². The van der Waals surface area contributed by atoms with Gasteiger partial charge in [0.25, 0.3) is 0 Å². The molecule has 13 aromatic rings. The van der Waals surface area contributed by atoms with Crippen LogP contribution in [0.1, 0.15) is 0 Å². The van der Waals surface area contributed by atoms with Gasteiger partial charge in [0.2, 0.25) is 0 Å². The summed E-state index contributed by atoms with van der Waals surface area (Å²) >= 11 is 0. The first-order valence-corrected chi connectivity index (χ1v) is 22.9. The highest BCUT2D eigenvalue weighted by molar-refractivity contribution is 6.23. The van der Waals surface area contributed by atoms with Crippen LogP contribution >= 0.6 is 0 Å². The molecule has 0 N–H and O–H groups in total. The van der Waals surface area contributed by atoms with Gasteiger partial charge in [0.15, 0.2) is 0 Å². The Morgan fingerprint density at radius 2 is 0.500 bits per heavy atom. The lowest BCUT2D eigenvalue weighted by Crippen LogP contribution is -1.94. The zero-order valence-corrected chi connectivity index (χ0v) is 36.2. The van der Waals surface area contributed by atoms with Crippen molar-refractivity contribution in [3.8, 4) is 66.8 Å². The Bertz CT molecular complexity index is 3780. The van der Waals surface area contributed by atoms with Gasteiger partial charge in [-0.25, -0.2) is 0 Å². The molecule has 0 nitrogen and oxygen atoms in total. The molecular formula is C66H42. The summed E-state index contributed by atoms with van der Waals surface area (Å²) in [5.41, 5.74) is 14.6. The summed E-state index contributed by atoms with van der Waals surface area (Å²) in [4.78, 5) is 0. The first-order chi connectivity index (χ1) is 32.7. The topological polar surface area (TPSA) is 0 Å². The molecule has 306 valence electrons. The molecule has 0 saturated heterocycles. The standard InChI is InChI=1S/C66H42/c1-3-17-47-37-49(31-29-43(47)13-1)51-33-35-61-63(41-51)65(55-23-9-21-53(39-55)59-27-11-19-45-15-5-7-25-57(45)59)62-36-34-52(50-32-30-44-14-2-4-18-48(44)38-50)42-64(62)66(61)56-24-10-22-54(40-56)60-28-12-20-46-16-6-8-26-58(46)60/h1-42H. The molecule has 0 heterocycles. The third kappa shape index (κ3) is 6.46. The molecule has 0 aliphatic heterocycles. The number of benzene rings is 13. The highest BCUT2D eigenvalue weighted by atomic mass is 14.2. The second-order valence-corrected chi connectivity index (χ2v) is 17.6. The van der Waals surface area contributed by atoms with Crippen LogP contribution in [0.25, 0.3) is 131 Å². The van der Waals surface area contributed by atoms with Gasteiger partial charge in [-0.15, -0.1) is 0 Å². The largest absolute Gasteiger partial charge is 0.0616 e. The molecule has 0 radical (unpaired) electrons. The fourth-order valence-corrected chi connectivity index (χ4v) is 10.6. The van der Waals surface area contributed by atoms with E-state index < -0.39 is 0 Å². The van der Waals surface area contributed by atoms with Crippen molar-refractivity contribution in [3.05, 3.63) is 255 Å². The molecule has 0 aliphatic carbocycles. The third-order valence-corrected chi connectivity index (χ3v) is 13.8. The van der Waals surface area contributed by atoms with E-state index in [1.54, 1.807) is 0 Å². The zero-order chi connectivity index (χ0) is 43.6. The summed E-state index contributed by atoms with van der Waals surface area (Å²) in [7, 11) is 0. The van der Waals surface area contributed by atoms with Gasteiger partial charge in [0.05, 0.1) is 0 Å². The van der Waals surface area contributed by atoms with Crippen LogP contribution in [-0.4, -0.2) is 0 Å². The van der Waals surface area contributed by atoms with Crippen molar-refractivity contribution in [2.45, 2.75) is 0 Å². The fraction of sp³-hybridized carbons (Fsp3) is 0. The van der Waals surface area contributed by atoms with Crippen LogP contribution in [-0.2, 0) is 0 Å². The molecule has 66 heavy (non-hydrogen) atoms. The minimum absolute atomic E-state index is 1.20. The van der Waals surface area contributed by atoms with E-state index in [0.717, 1.165) is 0 Å². The molecule has 0 saturated carbocycles. The lowest BCUT2D eigenvalue weighted by Gasteiger charge is -2.21. The smallest absolute Gasteiger partial charge is 0.00259 e. The van der Waals surface area contributed by atoms with Crippen molar-refractivity contribution in [1.29, 1.82) is 0 Å². The van der Waals surface area contributed by atoms with Crippen molar-refractivity contribution in [2.75, 3.05) is 0 Å². The molecule has 0 atom stereocenters. The van der Waals surface area contributed by atoms with Crippen LogP contribution in [0.2, 0.25) is 0 Å². The van der Waals surface area contributed by atoms with Gasteiger partial charge >= 0.3 is 0 Å². The Labute approximate surface area is 384 Å². The summed E-state index contributed by atoms with van der Waals surface area (Å²) in [6.45, 7) is 0. The molecule has 0 amide bonds. The van der Waals surface area contributed by atoms with Crippen LogP contribution in [0.15, 0.2) is 255 Å². The Morgan fingerprint density at radius 1 is 0.152 bits per heavy atom. The molecule has 0 aliphatic rings. The minimum atomic E-state index is 1.20. The van der Waals surface area contributed by atoms with Gasteiger partial charge in [-0.3, -0.25) is 0 Å². The van der Waals surface area contributed by atoms with Crippen molar-refractivity contribution < 1.29 is 0 Å². The van der Waals surface area contributed by atoms with E-state index in [1.807, 2.05) is 0 Å². The molecule has 13 aromatic carbocycles. The van der Waals surface area contributed by atoms with E-state index in [1.165, 1.54) is 131 Å². The number of hydrogen-bond acceptors (Lipinski definition) is 0. The maximum absolute atomic E-state index is 2.45. The first kappa shape index (κ1) is 37.9. The van der Waals surface area contributed by atoms with Crippen LogP contribution in [0.4, 0.5) is 0 Å². The molecule has 13 rings (SSSR count). The Balaban J connectivity index is 1.12. The van der Waals surface area contributed by atoms with Crippen LogP contribution in [0, 0.1) is 0 Å². The average Bonchev–Trinajstić information content (AvgIpc) is 3.39. The van der Waals surface area contributed by atoms with Gasteiger partial charge in [0.1, 0.15) is 0 Å². The van der Waals surface area contributed by atoms with E-state index in [-0.39, 0.29) is 0 Å². The third-order valence-electron chi connectivity index (χ3n) is 13.8. The highest BCUT2D eigenvalue weighted by Gasteiger charge is 2.20. The number of hydrogen-bond donors (Lipinski definition) is 0. The van der Waals surface area contributed by atoms with Gasteiger partial charge in [-0.2, -0.15) is 0 Å². The van der Waals surface area contributed by atoms with Crippen LogP contribution in [0.5, 0.6) is 0 Å². The van der Waals surface area contributed by atoms with Crippen LogP contribution < -0.4 is 0 Å². The molecule has 0 aromatic heterocycles. The summed E-state index contributed by atoms with van der Waals surface area (Å²) in [5.74, 6) is 0. The molecule has 0 fully saturated rings. The fourth-order valence-electron chi connectivity index (χ4n) is 10.6. The summed E-state index contributed by atoms with van der Waals surface area (Å²) in [5, 5.41) is 14.9. The van der Waals surface area contributed by atoms with E-state index in [0.29, 0.717) is 0 Å². The van der Waals surface area contributed by atoms with E-state index in [9.17, 15) is 0 Å². The summed E-state index contributed by atoms with van der Waals surface area (Å²) in [6, 6.07) is 94.6. The van der Waals surface area contributed by atoms with Crippen molar-refractivity contribution in [2.24, 2.45) is 0 Å². The van der Waals surface area contributed by atoms with Crippen molar-refractivity contribution in [3.63, 3.8) is 0 Å². The second kappa shape index (κ2) is 15.6. The lowest BCUT2D eigenvalue weighted by molar-refractivity contribution is 1.61. The molecule has 0 unspecified atom stereocenters. The van der Waals surface area contributed by atoms with Gasteiger partial charge in [-0.05, 0) is 168 Å². The maximum atomic E-state index is 2.45. The predicted molar refractivity (Wildman–Crippen MR) is 284 cm³/mol. The quantitative estimate of drug-likeness (QED) is 0.146. The highest BCUT2D eigenvalue weighted by Crippen LogP contribution is 2.48. The Kier molecular flexibility index (Phi) is 8.96. The molecule has 0 bridgehead atoms. The van der Waals surface area contributed by atoms with Gasteiger partial charge in [-0.1, -0.05) is 218 Å². The number of rotatable bonds is 6. The van der Waals surface area contributed by atoms with Crippen molar-refractivity contribution in [1.82, 2.24) is 0 Å². The minimum Gasteiger partial charge on any atom is -0.0616 e. The molecule has 0 heteroatoms. The van der Waals surface area contributed by atoms with E-state index in [4.69, 9.17) is 0 Å². The van der Waals surface area contributed by atoms with E-state index in [2.05, 4.69) is 255 Å². The first-order valence-electron chi connectivity index (χ1n) is 22.9. The maximum Gasteiger partial charge on any atom is -0.00259 e. The second-order valence-electron chi connectivity index (χ2n) is 17.6. The average molecular weight is 835 g/mol. The van der Waals surface area contributed by atoms with E-state index >= 15 is 0 Å². The van der Waals surface area contributed by atoms with Gasteiger partial charge in [0, 0.05) is 0 Å². The Hall–Kier alpha value is -8.58. The zero-order valence-electron chi connectivity index (χ0n) is 36.2. The van der Waals surface area contributed by atoms with Gasteiger partial charge < -0.3 is 0 Å². The number of fused-ring (bicyclic) bond motifs is 6. The SMILES string of the molecule is c1cc(-c2cccc3ccccc23)cc(-c2c3ccc(-c4ccc5ccccc5c4)cc3c(-c3cccc(-c4cccc5ccccc45)c3)c3ccc(-c4ccc5ccccc5c4)cc23)c1. The summed E-state index contributed by atoms with van der Waals surface area (Å²) < 4.78 is 0. The monoisotopic (exact) mass is 834 g/mol. The summed E-state index contributed by atoms with van der Waals surface area (Å²) in [6.07, 6.45) is 0. The van der Waals surface area contributed by atoms with Crippen LogP contribution in [0.3, 0.4) is 0 Å². The molecular weight excluding hydrogens is 793 g/mol. The predicted octanol–water partition coefficient (Wildman–Crippen LogP) is 18.6. The molecule has 0 spiro atoms. The normalized spacial score (nSPS) is 11.6. The lowest BCUT2D eigenvalue weighted by atomic mass is 9.82.